The van der Waals surface area contributed by atoms with Crippen molar-refractivity contribution in [3.8, 4) is 5.88 Å². The second-order valence-corrected chi connectivity index (χ2v) is 3.73. The summed E-state index contributed by atoms with van der Waals surface area (Å²) in [6, 6.07) is 10.6. The predicted molar refractivity (Wildman–Crippen MR) is 61.2 cm³/mol. The Balaban J connectivity index is 2.39. The van der Waals surface area contributed by atoms with E-state index in [1.165, 1.54) is 4.57 Å². The van der Waals surface area contributed by atoms with Gasteiger partial charge in [0.15, 0.2) is 5.22 Å². The van der Waals surface area contributed by atoms with E-state index in [-0.39, 0.29) is 10.9 Å². The summed E-state index contributed by atoms with van der Waals surface area (Å²) >= 11 is 5.69. The average molecular weight is 235 g/mol. The molecule has 0 atom stereocenters. The van der Waals surface area contributed by atoms with Crippen molar-refractivity contribution in [1.29, 1.82) is 0 Å². The molecule has 0 fully saturated rings. The predicted octanol–water partition coefficient (Wildman–Crippen LogP) is 2.57. The Hall–Kier alpha value is -1.94. The SMILES string of the molecule is O=c1[nH]c2ccccc2n1-c1ccc(Cl)o1. The molecule has 0 bridgehead atoms. The second-order valence-electron chi connectivity index (χ2n) is 3.36. The largest absolute Gasteiger partial charge is 0.428 e. The third kappa shape index (κ3) is 1.27. The van der Waals surface area contributed by atoms with Gasteiger partial charge in [-0.05, 0) is 29.8 Å². The van der Waals surface area contributed by atoms with Crippen molar-refractivity contribution in [3.05, 3.63) is 52.1 Å². The number of aromatic nitrogens is 2. The summed E-state index contributed by atoms with van der Waals surface area (Å²) in [6.07, 6.45) is 0. The molecule has 0 saturated heterocycles. The Labute approximate surface area is 95.1 Å². The maximum Gasteiger partial charge on any atom is 0.333 e. The highest BCUT2D eigenvalue weighted by Gasteiger charge is 2.10. The lowest BCUT2D eigenvalue weighted by atomic mass is 10.3. The van der Waals surface area contributed by atoms with E-state index in [9.17, 15) is 4.79 Å². The number of benzene rings is 1. The van der Waals surface area contributed by atoms with Crippen molar-refractivity contribution in [2.75, 3.05) is 0 Å². The van der Waals surface area contributed by atoms with E-state index in [2.05, 4.69) is 4.98 Å². The van der Waals surface area contributed by atoms with Crippen molar-refractivity contribution in [2.45, 2.75) is 0 Å². The summed E-state index contributed by atoms with van der Waals surface area (Å²) in [5.74, 6) is 0.410. The van der Waals surface area contributed by atoms with E-state index in [1.54, 1.807) is 12.1 Å². The fourth-order valence-corrected chi connectivity index (χ4v) is 1.84. The van der Waals surface area contributed by atoms with Gasteiger partial charge in [-0.2, -0.15) is 0 Å². The fraction of sp³-hybridized carbons (Fsp3) is 0. The van der Waals surface area contributed by atoms with Crippen LogP contribution in [0.3, 0.4) is 0 Å². The quantitative estimate of drug-likeness (QED) is 0.704. The Kier molecular flexibility index (Phi) is 1.91. The van der Waals surface area contributed by atoms with Crippen LogP contribution in [0.25, 0.3) is 16.9 Å². The van der Waals surface area contributed by atoms with Crippen LogP contribution in [0.4, 0.5) is 0 Å². The van der Waals surface area contributed by atoms with Crippen molar-refractivity contribution in [2.24, 2.45) is 0 Å². The smallest absolute Gasteiger partial charge is 0.333 e. The van der Waals surface area contributed by atoms with Crippen LogP contribution in [0, 0.1) is 0 Å². The van der Waals surface area contributed by atoms with Gasteiger partial charge in [0.1, 0.15) is 0 Å². The molecular formula is C11H7ClN2O2. The molecule has 0 saturated carbocycles. The standard InChI is InChI=1S/C11H7ClN2O2/c12-9-5-6-10(16-9)14-8-4-2-1-3-7(8)13-11(14)15/h1-6H,(H,13,15). The summed E-state index contributed by atoms with van der Waals surface area (Å²) in [7, 11) is 0. The normalized spacial score (nSPS) is 11.1. The molecule has 0 unspecified atom stereocenters. The Morgan fingerprint density at radius 2 is 2.00 bits per heavy atom. The zero-order valence-corrected chi connectivity index (χ0v) is 8.86. The number of imidazole rings is 1. The number of halogens is 1. The van der Waals surface area contributed by atoms with Gasteiger partial charge >= 0.3 is 5.69 Å². The highest BCUT2D eigenvalue weighted by atomic mass is 35.5. The maximum absolute atomic E-state index is 11.8. The Morgan fingerprint density at radius 3 is 2.75 bits per heavy atom. The molecule has 0 aliphatic carbocycles. The van der Waals surface area contributed by atoms with Gasteiger partial charge in [0.25, 0.3) is 0 Å². The number of hydrogen-bond acceptors (Lipinski definition) is 2. The molecule has 0 aliphatic heterocycles. The molecule has 0 spiro atoms. The molecule has 5 heteroatoms. The number of aromatic amines is 1. The summed E-state index contributed by atoms with van der Waals surface area (Å²) in [5, 5.41) is 0.257. The van der Waals surface area contributed by atoms with E-state index < -0.39 is 0 Å². The van der Waals surface area contributed by atoms with E-state index in [1.807, 2.05) is 24.3 Å². The van der Waals surface area contributed by atoms with Gasteiger partial charge in [-0.1, -0.05) is 12.1 Å². The summed E-state index contributed by atoms with van der Waals surface area (Å²) in [5.41, 5.74) is 1.28. The molecule has 0 amide bonds. The van der Waals surface area contributed by atoms with Gasteiger partial charge in [-0.3, -0.25) is 0 Å². The van der Waals surface area contributed by atoms with Crippen LogP contribution in [-0.4, -0.2) is 9.55 Å². The average Bonchev–Trinajstić information content (AvgIpc) is 2.80. The highest BCUT2D eigenvalue weighted by Crippen LogP contribution is 2.19. The highest BCUT2D eigenvalue weighted by molar-refractivity contribution is 6.28. The van der Waals surface area contributed by atoms with Crippen molar-refractivity contribution >= 4 is 22.6 Å². The number of hydrogen-bond donors (Lipinski definition) is 1. The molecule has 2 heterocycles. The van der Waals surface area contributed by atoms with Crippen molar-refractivity contribution in [3.63, 3.8) is 0 Å². The zero-order chi connectivity index (χ0) is 11.1. The van der Waals surface area contributed by atoms with Crippen LogP contribution in [0.2, 0.25) is 5.22 Å². The maximum atomic E-state index is 11.8. The second kappa shape index (κ2) is 3.28. The first kappa shape index (κ1) is 9.30. The molecule has 1 N–H and O–H groups in total. The van der Waals surface area contributed by atoms with E-state index in [0.29, 0.717) is 5.88 Å². The first-order chi connectivity index (χ1) is 7.75. The Bertz CT molecular complexity index is 708. The molecule has 80 valence electrons. The number of fused-ring (bicyclic) bond motifs is 1. The number of H-pyrrole nitrogens is 1. The van der Waals surface area contributed by atoms with Gasteiger partial charge in [-0.15, -0.1) is 0 Å². The number of rotatable bonds is 1. The molecule has 0 aliphatic rings. The number of furan rings is 1. The topological polar surface area (TPSA) is 50.9 Å². The monoisotopic (exact) mass is 234 g/mol. The molecule has 3 rings (SSSR count). The number of nitrogens with zero attached hydrogens (tertiary/aromatic N) is 1. The molecule has 2 aromatic heterocycles. The van der Waals surface area contributed by atoms with Crippen molar-refractivity contribution < 1.29 is 4.42 Å². The lowest BCUT2D eigenvalue weighted by Gasteiger charge is -1.96. The third-order valence-electron chi connectivity index (χ3n) is 2.37. The number of nitrogens with one attached hydrogen (secondary N) is 1. The van der Waals surface area contributed by atoms with E-state index >= 15 is 0 Å². The van der Waals surface area contributed by atoms with Crippen LogP contribution in [-0.2, 0) is 0 Å². The minimum absolute atomic E-state index is 0.243. The third-order valence-corrected chi connectivity index (χ3v) is 2.57. The van der Waals surface area contributed by atoms with Crippen LogP contribution >= 0.6 is 11.6 Å². The minimum Gasteiger partial charge on any atom is -0.428 e. The van der Waals surface area contributed by atoms with E-state index in [4.69, 9.17) is 16.0 Å². The van der Waals surface area contributed by atoms with Crippen LogP contribution in [0.5, 0.6) is 0 Å². The summed E-state index contributed by atoms with van der Waals surface area (Å²) in [4.78, 5) is 14.5. The molecule has 3 aromatic rings. The first-order valence-corrected chi connectivity index (χ1v) is 5.09. The molecule has 4 nitrogen and oxygen atoms in total. The molecular weight excluding hydrogens is 228 g/mol. The number of para-hydroxylation sites is 2. The van der Waals surface area contributed by atoms with Gasteiger partial charge in [0.05, 0.1) is 11.0 Å². The summed E-state index contributed by atoms with van der Waals surface area (Å²) < 4.78 is 6.67. The van der Waals surface area contributed by atoms with Gasteiger partial charge in [0, 0.05) is 6.07 Å². The van der Waals surface area contributed by atoms with Crippen LogP contribution in [0.15, 0.2) is 45.6 Å². The molecule has 0 radical (unpaired) electrons. The van der Waals surface area contributed by atoms with Gasteiger partial charge in [0.2, 0.25) is 5.88 Å². The lowest BCUT2D eigenvalue weighted by molar-refractivity contribution is 0.540. The fourth-order valence-electron chi connectivity index (χ4n) is 1.70. The molecule has 1 aromatic carbocycles. The minimum atomic E-state index is -0.243. The Morgan fingerprint density at radius 1 is 1.19 bits per heavy atom. The lowest BCUT2D eigenvalue weighted by Crippen LogP contribution is -2.13. The zero-order valence-electron chi connectivity index (χ0n) is 8.11. The first-order valence-electron chi connectivity index (χ1n) is 4.71. The van der Waals surface area contributed by atoms with Gasteiger partial charge < -0.3 is 9.40 Å². The van der Waals surface area contributed by atoms with Gasteiger partial charge in [-0.25, -0.2) is 9.36 Å². The van der Waals surface area contributed by atoms with E-state index in [0.717, 1.165) is 11.0 Å². The molecule has 16 heavy (non-hydrogen) atoms. The van der Waals surface area contributed by atoms with Crippen LogP contribution in [0.1, 0.15) is 0 Å². The summed E-state index contributed by atoms with van der Waals surface area (Å²) in [6.45, 7) is 0. The van der Waals surface area contributed by atoms with Crippen molar-refractivity contribution in [1.82, 2.24) is 9.55 Å². The van der Waals surface area contributed by atoms with Crippen LogP contribution < -0.4 is 5.69 Å².